The van der Waals surface area contributed by atoms with E-state index in [0.29, 0.717) is 17.7 Å². The monoisotopic (exact) mass is 325 g/mol. The largest absolute Gasteiger partial charge is 0.380 e. The van der Waals surface area contributed by atoms with Crippen molar-refractivity contribution >= 4 is 21.6 Å². The average molecular weight is 326 g/mol. The van der Waals surface area contributed by atoms with Crippen LogP contribution in [0.4, 0.5) is 5.69 Å². The first-order valence-electron chi connectivity index (χ1n) is 6.07. The van der Waals surface area contributed by atoms with E-state index >= 15 is 0 Å². The van der Waals surface area contributed by atoms with Gasteiger partial charge < -0.3 is 5.32 Å². The van der Waals surface area contributed by atoms with E-state index in [-0.39, 0.29) is 0 Å². The molecule has 0 radical (unpaired) electrons. The molecule has 2 rings (SSSR count). The molecule has 4 heteroatoms. The molecule has 0 fully saturated rings. The van der Waals surface area contributed by atoms with Gasteiger partial charge in [0.2, 0.25) is 0 Å². The molecule has 0 heterocycles. The van der Waals surface area contributed by atoms with Gasteiger partial charge in [-0.05, 0) is 64.3 Å². The average Bonchev–Trinajstić information content (AvgIpc) is 2.46. The summed E-state index contributed by atoms with van der Waals surface area (Å²) >= 11 is 3.45. The number of anilines is 1. The molecular formula is C16H12BrN3. The standard InChI is InChI=1S/C16H12BrN3/c1-11-6-12(8-18)2-4-14(11)10-20-16-5-3-13(9-19)7-15(16)17/h2-7,20H,10H2,1H3. The zero-order valence-corrected chi connectivity index (χ0v) is 12.5. The predicted octanol–water partition coefficient (Wildman–Crippen LogP) is 4.11. The van der Waals surface area contributed by atoms with Crippen LogP contribution in [0.15, 0.2) is 40.9 Å². The molecular weight excluding hydrogens is 314 g/mol. The molecule has 0 unspecified atom stereocenters. The van der Waals surface area contributed by atoms with Crippen molar-refractivity contribution in [2.45, 2.75) is 13.5 Å². The minimum absolute atomic E-state index is 0.622. The maximum atomic E-state index is 8.85. The highest BCUT2D eigenvalue weighted by Gasteiger charge is 2.03. The van der Waals surface area contributed by atoms with E-state index in [0.717, 1.165) is 21.3 Å². The lowest BCUT2D eigenvalue weighted by molar-refractivity contribution is 1.11. The van der Waals surface area contributed by atoms with E-state index in [1.807, 2.05) is 31.2 Å². The summed E-state index contributed by atoms with van der Waals surface area (Å²) in [7, 11) is 0. The van der Waals surface area contributed by atoms with Crippen LogP contribution in [0.1, 0.15) is 22.3 Å². The van der Waals surface area contributed by atoms with Crippen LogP contribution in [0.3, 0.4) is 0 Å². The normalized spacial score (nSPS) is 9.60. The summed E-state index contributed by atoms with van der Waals surface area (Å²) in [4.78, 5) is 0. The fourth-order valence-corrected chi connectivity index (χ4v) is 2.40. The molecule has 0 aliphatic rings. The van der Waals surface area contributed by atoms with Crippen molar-refractivity contribution in [2.24, 2.45) is 0 Å². The maximum absolute atomic E-state index is 8.85. The number of aryl methyl sites for hydroxylation is 1. The third kappa shape index (κ3) is 3.17. The summed E-state index contributed by atoms with van der Waals surface area (Å²) in [5.74, 6) is 0. The second-order valence-electron chi connectivity index (χ2n) is 4.41. The summed E-state index contributed by atoms with van der Waals surface area (Å²) in [6.07, 6.45) is 0. The molecule has 0 aromatic heterocycles. The van der Waals surface area contributed by atoms with Crippen LogP contribution in [0.5, 0.6) is 0 Å². The quantitative estimate of drug-likeness (QED) is 0.923. The van der Waals surface area contributed by atoms with Gasteiger partial charge >= 0.3 is 0 Å². The minimum Gasteiger partial charge on any atom is -0.380 e. The van der Waals surface area contributed by atoms with E-state index in [2.05, 4.69) is 33.4 Å². The van der Waals surface area contributed by atoms with Crippen LogP contribution in [0.25, 0.3) is 0 Å². The van der Waals surface area contributed by atoms with Crippen LogP contribution in [0.2, 0.25) is 0 Å². The number of nitriles is 2. The Morgan fingerprint density at radius 2 is 1.70 bits per heavy atom. The van der Waals surface area contributed by atoms with Crippen molar-refractivity contribution in [1.82, 2.24) is 0 Å². The van der Waals surface area contributed by atoms with E-state index in [1.165, 1.54) is 0 Å². The van der Waals surface area contributed by atoms with Gasteiger partial charge in [0.1, 0.15) is 0 Å². The lowest BCUT2D eigenvalue weighted by Crippen LogP contribution is -2.02. The van der Waals surface area contributed by atoms with Gasteiger partial charge in [0.15, 0.2) is 0 Å². The molecule has 0 bridgehead atoms. The molecule has 0 aliphatic heterocycles. The van der Waals surface area contributed by atoms with Crippen LogP contribution in [0, 0.1) is 29.6 Å². The van der Waals surface area contributed by atoms with Gasteiger partial charge in [0, 0.05) is 16.7 Å². The molecule has 2 aromatic rings. The molecule has 2 aromatic carbocycles. The van der Waals surface area contributed by atoms with Crippen molar-refractivity contribution in [3.8, 4) is 12.1 Å². The Hall–Kier alpha value is -2.30. The molecule has 3 nitrogen and oxygen atoms in total. The zero-order chi connectivity index (χ0) is 14.5. The predicted molar refractivity (Wildman–Crippen MR) is 82.1 cm³/mol. The molecule has 98 valence electrons. The molecule has 1 N–H and O–H groups in total. The summed E-state index contributed by atoms with van der Waals surface area (Å²) in [5, 5.41) is 21.0. The van der Waals surface area contributed by atoms with Crippen LogP contribution in [-0.4, -0.2) is 0 Å². The van der Waals surface area contributed by atoms with Crippen LogP contribution in [-0.2, 0) is 6.54 Å². The lowest BCUT2D eigenvalue weighted by atomic mass is 10.1. The summed E-state index contributed by atoms with van der Waals surface area (Å²) in [6.45, 7) is 2.66. The highest BCUT2D eigenvalue weighted by atomic mass is 79.9. The molecule has 0 spiro atoms. The molecule has 20 heavy (non-hydrogen) atoms. The number of halogens is 1. The van der Waals surface area contributed by atoms with Crippen molar-refractivity contribution in [1.29, 1.82) is 10.5 Å². The van der Waals surface area contributed by atoms with Gasteiger partial charge in [-0.25, -0.2) is 0 Å². The van der Waals surface area contributed by atoms with E-state index in [9.17, 15) is 0 Å². The van der Waals surface area contributed by atoms with E-state index in [1.54, 1.807) is 12.1 Å². The highest BCUT2D eigenvalue weighted by Crippen LogP contribution is 2.24. The highest BCUT2D eigenvalue weighted by molar-refractivity contribution is 9.10. The Bertz CT molecular complexity index is 660. The van der Waals surface area contributed by atoms with Gasteiger partial charge in [0.25, 0.3) is 0 Å². The van der Waals surface area contributed by atoms with Gasteiger partial charge in [0.05, 0.1) is 23.3 Å². The second-order valence-corrected chi connectivity index (χ2v) is 5.27. The topological polar surface area (TPSA) is 59.6 Å². The Balaban J connectivity index is 2.13. The number of rotatable bonds is 3. The zero-order valence-electron chi connectivity index (χ0n) is 10.9. The van der Waals surface area contributed by atoms with Gasteiger partial charge in [-0.2, -0.15) is 10.5 Å². The first-order valence-corrected chi connectivity index (χ1v) is 6.86. The Kier molecular flexibility index (Phi) is 4.40. The summed E-state index contributed by atoms with van der Waals surface area (Å²) in [6, 6.07) is 15.3. The van der Waals surface area contributed by atoms with E-state index in [4.69, 9.17) is 10.5 Å². The third-order valence-electron chi connectivity index (χ3n) is 3.04. The van der Waals surface area contributed by atoms with Gasteiger partial charge in [-0.15, -0.1) is 0 Å². The molecule has 0 saturated heterocycles. The van der Waals surface area contributed by atoms with Crippen molar-refractivity contribution in [3.63, 3.8) is 0 Å². The number of benzene rings is 2. The Morgan fingerprint density at radius 1 is 1.05 bits per heavy atom. The Morgan fingerprint density at radius 3 is 2.30 bits per heavy atom. The van der Waals surface area contributed by atoms with Crippen LogP contribution < -0.4 is 5.32 Å². The first-order chi connectivity index (χ1) is 9.63. The molecule has 0 aliphatic carbocycles. The number of hydrogen-bond acceptors (Lipinski definition) is 3. The van der Waals surface area contributed by atoms with Crippen molar-refractivity contribution in [3.05, 3.63) is 63.1 Å². The SMILES string of the molecule is Cc1cc(C#N)ccc1CNc1ccc(C#N)cc1Br. The fourth-order valence-electron chi connectivity index (χ4n) is 1.88. The minimum atomic E-state index is 0.622. The van der Waals surface area contributed by atoms with Gasteiger partial charge in [-0.1, -0.05) is 6.07 Å². The Labute approximate surface area is 126 Å². The molecule has 0 amide bonds. The smallest absolute Gasteiger partial charge is 0.0992 e. The summed E-state index contributed by atoms with van der Waals surface area (Å²) < 4.78 is 0.864. The fraction of sp³-hybridized carbons (Fsp3) is 0.125. The van der Waals surface area contributed by atoms with Crippen molar-refractivity contribution < 1.29 is 0 Å². The lowest BCUT2D eigenvalue weighted by Gasteiger charge is -2.11. The van der Waals surface area contributed by atoms with Gasteiger partial charge in [-0.3, -0.25) is 0 Å². The van der Waals surface area contributed by atoms with Crippen molar-refractivity contribution in [2.75, 3.05) is 5.32 Å². The molecule has 0 saturated carbocycles. The van der Waals surface area contributed by atoms with Crippen LogP contribution >= 0.6 is 15.9 Å². The van der Waals surface area contributed by atoms with E-state index < -0.39 is 0 Å². The third-order valence-corrected chi connectivity index (χ3v) is 3.70. The number of nitrogens with one attached hydrogen (secondary N) is 1. The second kappa shape index (κ2) is 6.23. The maximum Gasteiger partial charge on any atom is 0.0992 e. The number of hydrogen-bond donors (Lipinski definition) is 1. The molecule has 0 atom stereocenters. The summed E-state index contributed by atoms with van der Waals surface area (Å²) in [5.41, 5.74) is 4.46. The first kappa shape index (κ1) is 14.1. The number of nitrogens with zero attached hydrogens (tertiary/aromatic N) is 2.